The predicted octanol–water partition coefficient (Wildman–Crippen LogP) is 1.16. The lowest BCUT2D eigenvalue weighted by molar-refractivity contribution is 0.803. The van der Waals surface area contributed by atoms with E-state index in [0.717, 1.165) is 18.5 Å². The summed E-state index contributed by atoms with van der Waals surface area (Å²) in [6, 6.07) is 8.18. The Morgan fingerprint density at radius 1 is 1.27 bits per heavy atom. The van der Waals surface area contributed by atoms with E-state index in [1.807, 2.05) is 18.2 Å². The molecule has 0 radical (unpaired) electrons. The van der Waals surface area contributed by atoms with Crippen LogP contribution in [0, 0.1) is 0 Å². The van der Waals surface area contributed by atoms with Crippen LogP contribution in [0.4, 0.5) is 0 Å². The summed E-state index contributed by atoms with van der Waals surface area (Å²) in [5.41, 5.74) is 7.85. The summed E-state index contributed by atoms with van der Waals surface area (Å²) < 4.78 is 1.78. The van der Waals surface area contributed by atoms with E-state index in [2.05, 4.69) is 16.1 Å². The maximum Gasteiger partial charge on any atom is 0.138 e. The highest BCUT2D eigenvalue weighted by Crippen LogP contribution is 2.14. The molecule has 1 aromatic heterocycles. The highest BCUT2D eigenvalue weighted by Gasteiger charge is 2.03. The summed E-state index contributed by atoms with van der Waals surface area (Å²) in [7, 11) is 0. The van der Waals surface area contributed by atoms with E-state index < -0.39 is 0 Å². The molecule has 0 atom stereocenters. The number of rotatable bonds is 4. The Balaban J connectivity index is 2.30. The van der Waals surface area contributed by atoms with Crippen LogP contribution >= 0.6 is 0 Å². The second-order valence-electron chi connectivity index (χ2n) is 3.36. The van der Waals surface area contributed by atoms with Gasteiger partial charge < -0.3 is 5.73 Å². The summed E-state index contributed by atoms with van der Waals surface area (Å²) in [5, 5.41) is 4.13. The van der Waals surface area contributed by atoms with Crippen molar-refractivity contribution in [3.63, 3.8) is 0 Å². The Kier molecular flexibility index (Phi) is 3.09. The first-order valence-electron chi connectivity index (χ1n) is 5.05. The van der Waals surface area contributed by atoms with Crippen LogP contribution in [0.3, 0.4) is 0 Å². The molecule has 15 heavy (non-hydrogen) atoms. The van der Waals surface area contributed by atoms with Crippen molar-refractivity contribution in [1.29, 1.82) is 0 Å². The monoisotopic (exact) mass is 202 g/mol. The number of nitrogens with zero attached hydrogens (tertiary/aromatic N) is 3. The second kappa shape index (κ2) is 4.70. The van der Waals surface area contributed by atoms with E-state index in [1.54, 1.807) is 17.3 Å². The van der Waals surface area contributed by atoms with Gasteiger partial charge in [0.15, 0.2) is 0 Å². The third kappa shape index (κ3) is 2.22. The topological polar surface area (TPSA) is 56.7 Å². The minimum atomic E-state index is 0.714. The van der Waals surface area contributed by atoms with Crippen molar-refractivity contribution in [1.82, 2.24) is 14.8 Å². The molecule has 78 valence electrons. The summed E-state index contributed by atoms with van der Waals surface area (Å²) in [6.07, 6.45) is 5.22. The fraction of sp³-hybridized carbons (Fsp3) is 0.273. The molecule has 0 amide bonds. The summed E-state index contributed by atoms with van der Waals surface area (Å²) in [5.74, 6) is 0. The van der Waals surface area contributed by atoms with E-state index in [1.165, 1.54) is 5.56 Å². The molecule has 0 saturated heterocycles. The number of benzene rings is 1. The van der Waals surface area contributed by atoms with Gasteiger partial charge in [-0.15, -0.1) is 0 Å². The van der Waals surface area contributed by atoms with Gasteiger partial charge in [-0.1, -0.05) is 18.2 Å². The van der Waals surface area contributed by atoms with Crippen LogP contribution in [0.2, 0.25) is 0 Å². The lowest BCUT2D eigenvalue weighted by Gasteiger charge is -2.07. The van der Waals surface area contributed by atoms with Gasteiger partial charge in [0.1, 0.15) is 12.7 Å². The average Bonchev–Trinajstić information content (AvgIpc) is 2.80. The van der Waals surface area contributed by atoms with Gasteiger partial charge in [0, 0.05) is 0 Å². The van der Waals surface area contributed by atoms with Crippen LogP contribution in [0.1, 0.15) is 12.0 Å². The molecule has 0 unspecified atom stereocenters. The van der Waals surface area contributed by atoms with Gasteiger partial charge >= 0.3 is 0 Å². The summed E-state index contributed by atoms with van der Waals surface area (Å²) in [6.45, 7) is 0.714. The third-order valence-corrected chi connectivity index (χ3v) is 2.31. The van der Waals surface area contributed by atoms with E-state index in [9.17, 15) is 0 Å². The van der Waals surface area contributed by atoms with Crippen LogP contribution < -0.4 is 5.73 Å². The van der Waals surface area contributed by atoms with Crippen molar-refractivity contribution in [2.24, 2.45) is 5.73 Å². The zero-order chi connectivity index (χ0) is 10.5. The average molecular weight is 202 g/mol. The second-order valence-corrected chi connectivity index (χ2v) is 3.36. The van der Waals surface area contributed by atoms with Crippen LogP contribution in [0.15, 0.2) is 36.9 Å². The summed E-state index contributed by atoms with van der Waals surface area (Å²) >= 11 is 0. The SMILES string of the molecule is NCCCc1ccccc1-n1cncn1. The molecule has 0 spiro atoms. The van der Waals surface area contributed by atoms with Crippen molar-refractivity contribution >= 4 is 0 Å². The van der Waals surface area contributed by atoms with E-state index in [-0.39, 0.29) is 0 Å². The Morgan fingerprint density at radius 3 is 2.87 bits per heavy atom. The van der Waals surface area contributed by atoms with Crippen LogP contribution in [0.5, 0.6) is 0 Å². The fourth-order valence-electron chi connectivity index (χ4n) is 1.57. The van der Waals surface area contributed by atoms with Gasteiger partial charge in [0.25, 0.3) is 0 Å². The number of aromatic nitrogens is 3. The first-order valence-corrected chi connectivity index (χ1v) is 5.05. The molecular formula is C11H14N4. The van der Waals surface area contributed by atoms with Gasteiger partial charge in [0.2, 0.25) is 0 Å². The lowest BCUT2D eigenvalue weighted by Crippen LogP contribution is -2.04. The number of hydrogen-bond acceptors (Lipinski definition) is 3. The largest absolute Gasteiger partial charge is 0.330 e. The zero-order valence-corrected chi connectivity index (χ0v) is 8.50. The van der Waals surface area contributed by atoms with Crippen molar-refractivity contribution in [2.75, 3.05) is 6.54 Å². The molecule has 0 fully saturated rings. The molecule has 0 saturated carbocycles. The summed E-state index contributed by atoms with van der Waals surface area (Å²) in [4.78, 5) is 3.95. The Hall–Kier alpha value is -1.68. The van der Waals surface area contributed by atoms with Crippen LogP contribution in [-0.2, 0) is 6.42 Å². The standard InChI is InChI=1S/C11H14N4/c12-7-3-5-10-4-1-2-6-11(10)15-9-13-8-14-15/h1-2,4,6,8-9H,3,5,7,12H2. The molecule has 0 aliphatic heterocycles. The number of nitrogens with two attached hydrogens (primary N) is 1. The molecule has 0 aliphatic rings. The van der Waals surface area contributed by atoms with Crippen molar-refractivity contribution in [2.45, 2.75) is 12.8 Å². The Labute approximate surface area is 88.8 Å². The molecule has 1 aromatic carbocycles. The Bertz CT molecular complexity index is 408. The van der Waals surface area contributed by atoms with Gasteiger partial charge in [-0.2, -0.15) is 5.10 Å². The van der Waals surface area contributed by atoms with Gasteiger partial charge in [-0.25, -0.2) is 9.67 Å². The fourth-order valence-corrected chi connectivity index (χ4v) is 1.57. The third-order valence-electron chi connectivity index (χ3n) is 2.31. The first kappa shape index (κ1) is 9.86. The van der Waals surface area contributed by atoms with Crippen LogP contribution in [-0.4, -0.2) is 21.3 Å². The molecule has 1 heterocycles. The number of aryl methyl sites for hydroxylation is 1. The maximum atomic E-state index is 5.51. The van der Waals surface area contributed by atoms with Crippen molar-refractivity contribution in [3.8, 4) is 5.69 Å². The molecule has 0 aliphatic carbocycles. The molecular weight excluding hydrogens is 188 g/mol. The predicted molar refractivity (Wildman–Crippen MR) is 58.7 cm³/mol. The minimum Gasteiger partial charge on any atom is -0.330 e. The van der Waals surface area contributed by atoms with E-state index >= 15 is 0 Å². The number of para-hydroxylation sites is 1. The molecule has 4 nitrogen and oxygen atoms in total. The van der Waals surface area contributed by atoms with Gasteiger partial charge in [-0.05, 0) is 31.0 Å². The van der Waals surface area contributed by atoms with E-state index in [0.29, 0.717) is 6.54 Å². The molecule has 4 heteroatoms. The van der Waals surface area contributed by atoms with Gasteiger partial charge in [-0.3, -0.25) is 0 Å². The molecule has 2 N–H and O–H groups in total. The normalized spacial score (nSPS) is 10.5. The van der Waals surface area contributed by atoms with Crippen LogP contribution in [0.25, 0.3) is 5.69 Å². The minimum absolute atomic E-state index is 0.714. The molecule has 2 aromatic rings. The Morgan fingerprint density at radius 2 is 2.13 bits per heavy atom. The van der Waals surface area contributed by atoms with E-state index in [4.69, 9.17) is 5.73 Å². The smallest absolute Gasteiger partial charge is 0.138 e. The van der Waals surface area contributed by atoms with Crippen molar-refractivity contribution in [3.05, 3.63) is 42.5 Å². The first-order chi connectivity index (χ1) is 7.42. The maximum absolute atomic E-state index is 5.51. The van der Waals surface area contributed by atoms with Gasteiger partial charge in [0.05, 0.1) is 5.69 Å². The highest BCUT2D eigenvalue weighted by atomic mass is 15.3. The molecule has 0 bridgehead atoms. The zero-order valence-electron chi connectivity index (χ0n) is 8.50. The van der Waals surface area contributed by atoms with Crippen molar-refractivity contribution < 1.29 is 0 Å². The highest BCUT2D eigenvalue weighted by molar-refractivity contribution is 5.39. The molecule has 2 rings (SSSR count). The quantitative estimate of drug-likeness (QED) is 0.809. The lowest BCUT2D eigenvalue weighted by atomic mass is 10.1. The number of hydrogen-bond donors (Lipinski definition) is 1.